The number of aromatic nitrogens is 2. The van der Waals surface area contributed by atoms with Gasteiger partial charge >= 0.3 is 0 Å². The molecule has 3 rings (SSSR count). The molecule has 0 amide bonds. The van der Waals surface area contributed by atoms with Crippen LogP contribution >= 0.6 is 11.6 Å². The molecule has 1 aromatic carbocycles. The van der Waals surface area contributed by atoms with Gasteiger partial charge in [-0.25, -0.2) is 4.98 Å². The zero-order valence-electron chi connectivity index (χ0n) is 9.86. The van der Waals surface area contributed by atoms with E-state index in [1.54, 1.807) is 0 Å². The van der Waals surface area contributed by atoms with Gasteiger partial charge in [0, 0.05) is 29.2 Å². The average Bonchev–Trinajstić information content (AvgIpc) is 2.75. The molecule has 17 heavy (non-hydrogen) atoms. The Kier molecular flexibility index (Phi) is 2.67. The van der Waals surface area contributed by atoms with Crippen molar-refractivity contribution < 1.29 is 0 Å². The van der Waals surface area contributed by atoms with Crippen LogP contribution in [0.3, 0.4) is 0 Å². The first-order valence-electron chi connectivity index (χ1n) is 6.07. The van der Waals surface area contributed by atoms with Gasteiger partial charge in [-0.05, 0) is 25.0 Å². The van der Waals surface area contributed by atoms with Gasteiger partial charge in [0.05, 0.1) is 5.69 Å². The van der Waals surface area contributed by atoms with Gasteiger partial charge in [0.25, 0.3) is 0 Å². The average molecular weight is 247 g/mol. The number of hydrogen-bond donors (Lipinski definition) is 0. The number of nitrogens with zero attached hydrogens (tertiary/aromatic N) is 2. The molecule has 0 spiro atoms. The molecule has 1 aromatic heterocycles. The molecule has 88 valence electrons. The van der Waals surface area contributed by atoms with Crippen LogP contribution in [0.2, 0.25) is 5.02 Å². The number of fused-ring (bicyclic) bond motifs is 1. The topological polar surface area (TPSA) is 17.8 Å². The lowest BCUT2D eigenvalue weighted by atomic mass is 10.0. The van der Waals surface area contributed by atoms with Gasteiger partial charge in [0.2, 0.25) is 0 Å². The van der Waals surface area contributed by atoms with Crippen LogP contribution in [0.1, 0.15) is 31.5 Å². The maximum Gasteiger partial charge on any atom is 0.112 e. The lowest BCUT2D eigenvalue weighted by Crippen LogP contribution is -2.12. The first kappa shape index (κ1) is 10.8. The van der Waals surface area contributed by atoms with Crippen molar-refractivity contribution in [1.29, 1.82) is 0 Å². The van der Waals surface area contributed by atoms with E-state index < -0.39 is 0 Å². The molecule has 0 fully saturated rings. The minimum atomic E-state index is 0.574. The van der Waals surface area contributed by atoms with Crippen LogP contribution in [0.25, 0.3) is 11.3 Å². The second-order valence-electron chi connectivity index (χ2n) is 4.73. The smallest absolute Gasteiger partial charge is 0.112 e. The van der Waals surface area contributed by atoms with Gasteiger partial charge in [0.15, 0.2) is 0 Å². The van der Waals surface area contributed by atoms with Crippen molar-refractivity contribution in [2.24, 2.45) is 0 Å². The molecule has 1 aliphatic heterocycles. The molecule has 0 saturated carbocycles. The van der Waals surface area contributed by atoms with Crippen molar-refractivity contribution in [2.45, 2.75) is 32.2 Å². The highest BCUT2D eigenvalue weighted by Crippen LogP contribution is 2.29. The summed E-state index contributed by atoms with van der Waals surface area (Å²) in [5.41, 5.74) is 2.20. The highest BCUT2D eigenvalue weighted by Gasteiger charge is 2.19. The zero-order valence-corrected chi connectivity index (χ0v) is 10.6. The molecule has 0 bridgehead atoms. The molecule has 2 heterocycles. The monoisotopic (exact) mass is 246 g/mol. The Labute approximate surface area is 106 Å². The van der Waals surface area contributed by atoms with Crippen molar-refractivity contribution in [3.63, 3.8) is 0 Å². The van der Waals surface area contributed by atoms with E-state index in [1.165, 1.54) is 18.7 Å². The van der Waals surface area contributed by atoms with Crippen LogP contribution in [0, 0.1) is 0 Å². The van der Waals surface area contributed by atoms with Gasteiger partial charge in [0.1, 0.15) is 5.82 Å². The number of halogens is 1. The summed E-state index contributed by atoms with van der Waals surface area (Å²) in [4.78, 5) is 4.75. The molecule has 0 aliphatic carbocycles. The van der Waals surface area contributed by atoms with Crippen LogP contribution in [0.15, 0.2) is 30.5 Å². The minimum Gasteiger partial charge on any atom is -0.334 e. The third-order valence-electron chi connectivity index (χ3n) is 3.42. The third-order valence-corrected chi connectivity index (χ3v) is 3.68. The van der Waals surface area contributed by atoms with Crippen LogP contribution in [0.5, 0.6) is 0 Å². The van der Waals surface area contributed by atoms with Crippen molar-refractivity contribution in [2.75, 3.05) is 0 Å². The van der Waals surface area contributed by atoms with Crippen LogP contribution in [0.4, 0.5) is 0 Å². The molecule has 0 unspecified atom stereocenters. The largest absolute Gasteiger partial charge is 0.334 e. The fourth-order valence-electron chi connectivity index (χ4n) is 2.46. The predicted octanol–water partition coefficient (Wildman–Crippen LogP) is 4.10. The van der Waals surface area contributed by atoms with E-state index >= 15 is 0 Å². The van der Waals surface area contributed by atoms with E-state index in [4.69, 9.17) is 16.6 Å². The highest BCUT2D eigenvalue weighted by atomic mass is 35.5. The second-order valence-corrected chi connectivity index (χ2v) is 5.16. The quantitative estimate of drug-likeness (QED) is 0.741. The highest BCUT2D eigenvalue weighted by molar-refractivity contribution is 6.30. The van der Waals surface area contributed by atoms with Crippen molar-refractivity contribution in [1.82, 2.24) is 9.55 Å². The van der Waals surface area contributed by atoms with E-state index in [-0.39, 0.29) is 0 Å². The number of rotatable bonds is 1. The second kappa shape index (κ2) is 4.19. The Morgan fingerprint density at radius 1 is 1.29 bits per heavy atom. The Hall–Kier alpha value is -1.28. The first-order chi connectivity index (χ1) is 8.24. The standard InChI is InChI=1S/C14H15ClN2/c1-10-3-2-8-17-9-13(16-14(10)17)11-4-6-12(15)7-5-11/h4-7,9-10H,2-3,8H2,1H3/t10-/m0/s1. The lowest BCUT2D eigenvalue weighted by molar-refractivity contribution is 0.463. The fourth-order valence-corrected chi connectivity index (χ4v) is 2.59. The summed E-state index contributed by atoms with van der Waals surface area (Å²) in [5, 5.41) is 0.770. The summed E-state index contributed by atoms with van der Waals surface area (Å²) < 4.78 is 2.29. The molecule has 2 nitrogen and oxygen atoms in total. The fraction of sp³-hybridized carbons (Fsp3) is 0.357. The molecular weight excluding hydrogens is 232 g/mol. The Balaban J connectivity index is 2.02. The molecule has 0 N–H and O–H groups in total. The van der Waals surface area contributed by atoms with Gasteiger partial charge in [-0.1, -0.05) is 30.7 Å². The number of hydrogen-bond acceptors (Lipinski definition) is 1. The number of aryl methyl sites for hydroxylation is 1. The Bertz CT molecular complexity index is 528. The van der Waals surface area contributed by atoms with Gasteiger partial charge in [-0.15, -0.1) is 0 Å². The van der Waals surface area contributed by atoms with Crippen LogP contribution < -0.4 is 0 Å². The van der Waals surface area contributed by atoms with E-state index in [0.717, 1.165) is 22.8 Å². The van der Waals surface area contributed by atoms with Crippen LogP contribution in [-0.4, -0.2) is 9.55 Å². The summed E-state index contributed by atoms with van der Waals surface area (Å²) in [6.45, 7) is 3.35. The maximum absolute atomic E-state index is 5.90. The van der Waals surface area contributed by atoms with Crippen molar-refractivity contribution >= 4 is 11.6 Å². The third kappa shape index (κ3) is 1.98. The molecule has 3 heteroatoms. The van der Waals surface area contributed by atoms with Gasteiger partial charge in [-0.3, -0.25) is 0 Å². The van der Waals surface area contributed by atoms with E-state index in [0.29, 0.717) is 5.92 Å². The molecule has 0 radical (unpaired) electrons. The zero-order chi connectivity index (χ0) is 11.8. The molecule has 1 aliphatic rings. The van der Waals surface area contributed by atoms with Gasteiger partial charge in [-0.2, -0.15) is 0 Å². The van der Waals surface area contributed by atoms with Crippen molar-refractivity contribution in [3.05, 3.63) is 41.3 Å². The van der Waals surface area contributed by atoms with E-state index in [1.807, 2.05) is 24.3 Å². The SMILES string of the molecule is C[C@H]1CCCn2cc(-c3ccc(Cl)cc3)nc21. The lowest BCUT2D eigenvalue weighted by Gasteiger charge is -2.19. The molecule has 0 saturated heterocycles. The van der Waals surface area contributed by atoms with E-state index in [9.17, 15) is 0 Å². The summed E-state index contributed by atoms with van der Waals surface area (Å²) in [5.74, 6) is 1.80. The van der Waals surface area contributed by atoms with Crippen LogP contribution in [-0.2, 0) is 6.54 Å². The molecule has 1 atom stereocenters. The molecule has 2 aromatic rings. The number of imidazole rings is 1. The summed E-state index contributed by atoms with van der Waals surface area (Å²) in [7, 11) is 0. The predicted molar refractivity (Wildman–Crippen MR) is 70.3 cm³/mol. The minimum absolute atomic E-state index is 0.574. The molecular formula is C14H15ClN2. The Morgan fingerprint density at radius 3 is 2.76 bits per heavy atom. The summed E-state index contributed by atoms with van der Waals surface area (Å²) in [6, 6.07) is 7.89. The van der Waals surface area contributed by atoms with E-state index in [2.05, 4.69) is 17.7 Å². The maximum atomic E-state index is 5.90. The number of benzene rings is 1. The van der Waals surface area contributed by atoms with Crippen molar-refractivity contribution in [3.8, 4) is 11.3 Å². The Morgan fingerprint density at radius 2 is 2.06 bits per heavy atom. The first-order valence-corrected chi connectivity index (χ1v) is 6.45. The summed E-state index contributed by atoms with van der Waals surface area (Å²) in [6.07, 6.45) is 4.66. The normalized spacial score (nSPS) is 19.1. The van der Waals surface area contributed by atoms with Gasteiger partial charge < -0.3 is 4.57 Å². The summed E-state index contributed by atoms with van der Waals surface area (Å²) >= 11 is 5.90.